The van der Waals surface area contributed by atoms with E-state index in [1.54, 1.807) is 6.20 Å². The second kappa shape index (κ2) is 3.90. The number of rotatable bonds is 2. The first-order valence-corrected chi connectivity index (χ1v) is 5.89. The normalized spacial score (nSPS) is 21.1. The highest BCUT2D eigenvalue weighted by Gasteiger charge is 2.26. The van der Waals surface area contributed by atoms with Crippen molar-refractivity contribution in [2.45, 2.75) is 18.9 Å². The average Bonchev–Trinajstić information content (AvgIpc) is 3.08. The number of hydrogen-bond acceptors (Lipinski definition) is 3. The van der Waals surface area contributed by atoms with Crippen molar-refractivity contribution in [3.8, 4) is 0 Å². The summed E-state index contributed by atoms with van der Waals surface area (Å²) in [6.45, 7) is 3.38. The average molecular weight is 220 g/mol. The van der Waals surface area contributed by atoms with Crippen LogP contribution in [0.25, 0.3) is 0 Å². The number of aromatic nitrogens is 2. The molecule has 1 saturated heterocycles. The lowest BCUT2D eigenvalue weighted by Crippen LogP contribution is -2.46. The van der Waals surface area contributed by atoms with Gasteiger partial charge < -0.3 is 10.2 Å². The summed E-state index contributed by atoms with van der Waals surface area (Å²) in [4.78, 5) is 14.0. The van der Waals surface area contributed by atoms with E-state index in [1.165, 1.54) is 12.8 Å². The standard InChI is InChI=1S/C11H16N4O/c16-11(14-5-3-12-4-6-14)9-7-13-15(8-9)10-1-2-10/h7-8,10,12H,1-6H2. The lowest BCUT2D eigenvalue weighted by Gasteiger charge is -2.26. The summed E-state index contributed by atoms with van der Waals surface area (Å²) in [6.07, 6.45) is 5.98. The van der Waals surface area contributed by atoms with Crippen LogP contribution < -0.4 is 5.32 Å². The van der Waals surface area contributed by atoms with Crippen LogP contribution in [0, 0.1) is 0 Å². The SMILES string of the molecule is O=C(c1cnn(C2CC2)c1)N1CCNCC1. The highest BCUT2D eigenvalue weighted by Crippen LogP contribution is 2.34. The van der Waals surface area contributed by atoms with Crippen molar-refractivity contribution in [1.82, 2.24) is 20.0 Å². The molecule has 1 saturated carbocycles. The molecule has 1 aliphatic heterocycles. The van der Waals surface area contributed by atoms with Gasteiger partial charge in [0.25, 0.3) is 5.91 Å². The number of carbonyl (C=O) groups excluding carboxylic acids is 1. The highest BCUT2D eigenvalue weighted by molar-refractivity contribution is 5.93. The molecule has 0 spiro atoms. The van der Waals surface area contributed by atoms with E-state index in [0.29, 0.717) is 6.04 Å². The van der Waals surface area contributed by atoms with Crippen LogP contribution in [0.2, 0.25) is 0 Å². The van der Waals surface area contributed by atoms with Crippen LogP contribution in [0.1, 0.15) is 29.2 Å². The third-order valence-corrected chi connectivity index (χ3v) is 3.17. The van der Waals surface area contributed by atoms with Crippen LogP contribution in [0.3, 0.4) is 0 Å². The van der Waals surface area contributed by atoms with Gasteiger partial charge in [0.1, 0.15) is 0 Å². The van der Waals surface area contributed by atoms with Gasteiger partial charge in [-0.2, -0.15) is 5.10 Å². The molecule has 5 nitrogen and oxygen atoms in total. The first-order chi connectivity index (χ1) is 7.84. The Kier molecular flexibility index (Phi) is 2.40. The minimum atomic E-state index is 0.119. The van der Waals surface area contributed by atoms with E-state index in [2.05, 4.69) is 10.4 Å². The van der Waals surface area contributed by atoms with Crippen LogP contribution in [0.4, 0.5) is 0 Å². The minimum absolute atomic E-state index is 0.119. The van der Waals surface area contributed by atoms with Crippen molar-refractivity contribution < 1.29 is 4.79 Å². The van der Waals surface area contributed by atoms with Crippen molar-refractivity contribution >= 4 is 5.91 Å². The van der Waals surface area contributed by atoms with Gasteiger partial charge in [0.2, 0.25) is 0 Å². The monoisotopic (exact) mass is 220 g/mol. The number of carbonyl (C=O) groups is 1. The fourth-order valence-electron chi connectivity index (χ4n) is 2.04. The van der Waals surface area contributed by atoms with Gasteiger partial charge >= 0.3 is 0 Å². The zero-order chi connectivity index (χ0) is 11.0. The molecule has 1 aromatic rings. The number of nitrogens with one attached hydrogen (secondary N) is 1. The Hall–Kier alpha value is -1.36. The molecule has 1 aliphatic carbocycles. The minimum Gasteiger partial charge on any atom is -0.336 e. The fourth-order valence-corrected chi connectivity index (χ4v) is 2.04. The topological polar surface area (TPSA) is 50.2 Å². The summed E-state index contributed by atoms with van der Waals surface area (Å²) in [5.74, 6) is 0.119. The summed E-state index contributed by atoms with van der Waals surface area (Å²) in [7, 11) is 0. The predicted molar refractivity (Wildman–Crippen MR) is 59.3 cm³/mol. The molecular weight excluding hydrogens is 204 g/mol. The Balaban J connectivity index is 1.71. The molecule has 86 valence electrons. The maximum absolute atomic E-state index is 12.1. The molecule has 1 aromatic heterocycles. The first kappa shape index (κ1) is 9.84. The maximum Gasteiger partial charge on any atom is 0.257 e. The van der Waals surface area contributed by atoms with Gasteiger partial charge in [-0.15, -0.1) is 0 Å². The van der Waals surface area contributed by atoms with E-state index in [1.807, 2.05) is 15.8 Å². The smallest absolute Gasteiger partial charge is 0.257 e. The van der Waals surface area contributed by atoms with Gasteiger partial charge in [0.05, 0.1) is 17.8 Å². The van der Waals surface area contributed by atoms with Crippen LogP contribution in [-0.4, -0.2) is 46.8 Å². The van der Waals surface area contributed by atoms with Crippen LogP contribution in [-0.2, 0) is 0 Å². The quantitative estimate of drug-likeness (QED) is 0.778. The molecule has 0 unspecified atom stereocenters. The van der Waals surface area contributed by atoms with Crippen LogP contribution in [0.15, 0.2) is 12.4 Å². The van der Waals surface area contributed by atoms with Gasteiger partial charge in [0.15, 0.2) is 0 Å². The van der Waals surface area contributed by atoms with Crippen LogP contribution in [0.5, 0.6) is 0 Å². The Morgan fingerprint density at radius 3 is 2.81 bits per heavy atom. The third kappa shape index (κ3) is 1.82. The molecule has 0 radical (unpaired) electrons. The van der Waals surface area contributed by atoms with E-state index >= 15 is 0 Å². The molecule has 0 bridgehead atoms. The second-order valence-corrected chi connectivity index (χ2v) is 4.48. The molecule has 16 heavy (non-hydrogen) atoms. The number of nitrogens with zero attached hydrogens (tertiary/aromatic N) is 3. The number of hydrogen-bond donors (Lipinski definition) is 1. The molecule has 0 aromatic carbocycles. The van der Waals surface area contributed by atoms with E-state index < -0.39 is 0 Å². The zero-order valence-electron chi connectivity index (χ0n) is 9.22. The summed E-state index contributed by atoms with van der Waals surface area (Å²) >= 11 is 0. The van der Waals surface area contributed by atoms with E-state index in [4.69, 9.17) is 0 Å². The molecule has 2 fully saturated rings. The highest BCUT2D eigenvalue weighted by atomic mass is 16.2. The Morgan fingerprint density at radius 2 is 2.12 bits per heavy atom. The molecule has 5 heteroatoms. The first-order valence-electron chi connectivity index (χ1n) is 5.89. The molecule has 2 aliphatic rings. The molecular formula is C11H16N4O. The molecule has 0 atom stereocenters. The Morgan fingerprint density at radius 1 is 1.38 bits per heavy atom. The summed E-state index contributed by atoms with van der Waals surface area (Å²) in [5.41, 5.74) is 0.730. The molecule has 2 heterocycles. The lowest BCUT2D eigenvalue weighted by molar-refractivity contribution is 0.0735. The molecule has 1 N–H and O–H groups in total. The predicted octanol–water partition coefficient (Wildman–Crippen LogP) is 0.263. The molecule has 1 amide bonds. The van der Waals surface area contributed by atoms with Gasteiger partial charge in [-0.3, -0.25) is 9.48 Å². The van der Waals surface area contributed by atoms with Crippen molar-refractivity contribution in [1.29, 1.82) is 0 Å². The van der Waals surface area contributed by atoms with Crippen molar-refractivity contribution in [3.63, 3.8) is 0 Å². The van der Waals surface area contributed by atoms with Crippen LogP contribution >= 0.6 is 0 Å². The van der Waals surface area contributed by atoms with E-state index in [0.717, 1.165) is 31.7 Å². The summed E-state index contributed by atoms with van der Waals surface area (Å²) in [5, 5.41) is 7.49. The van der Waals surface area contributed by atoms with Gasteiger partial charge in [0, 0.05) is 32.4 Å². The Labute approximate surface area is 94.4 Å². The Bertz CT molecular complexity index is 390. The fraction of sp³-hybridized carbons (Fsp3) is 0.636. The summed E-state index contributed by atoms with van der Waals surface area (Å²) in [6, 6.07) is 0.546. The van der Waals surface area contributed by atoms with Gasteiger partial charge in [-0.1, -0.05) is 0 Å². The van der Waals surface area contributed by atoms with E-state index in [-0.39, 0.29) is 5.91 Å². The van der Waals surface area contributed by atoms with Crippen molar-refractivity contribution in [2.75, 3.05) is 26.2 Å². The van der Waals surface area contributed by atoms with Gasteiger partial charge in [-0.05, 0) is 12.8 Å². The van der Waals surface area contributed by atoms with E-state index in [9.17, 15) is 4.79 Å². The largest absolute Gasteiger partial charge is 0.336 e. The van der Waals surface area contributed by atoms with Crippen molar-refractivity contribution in [2.24, 2.45) is 0 Å². The number of amides is 1. The summed E-state index contributed by atoms with van der Waals surface area (Å²) < 4.78 is 1.93. The third-order valence-electron chi connectivity index (χ3n) is 3.17. The lowest BCUT2D eigenvalue weighted by atomic mass is 10.2. The molecule has 3 rings (SSSR count). The van der Waals surface area contributed by atoms with Gasteiger partial charge in [-0.25, -0.2) is 0 Å². The second-order valence-electron chi connectivity index (χ2n) is 4.48. The number of piperazine rings is 1. The van der Waals surface area contributed by atoms with Crippen molar-refractivity contribution in [3.05, 3.63) is 18.0 Å². The zero-order valence-corrected chi connectivity index (χ0v) is 9.22. The maximum atomic E-state index is 12.1.